The number of hydrogen-bond acceptors (Lipinski definition) is 6. The number of methoxy groups -OCH3 is 2. The van der Waals surface area contributed by atoms with E-state index in [4.69, 9.17) is 14.6 Å². The van der Waals surface area contributed by atoms with Crippen molar-refractivity contribution >= 4 is 11.6 Å². The first kappa shape index (κ1) is 19.2. The van der Waals surface area contributed by atoms with Gasteiger partial charge in [0.15, 0.2) is 29.2 Å². The van der Waals surface area contributed by atoms with Gasteiger partial charge in [-0.3, -0.25) is 14.5 Å². The SMILES string of the molecule is COc1ccc2c(c1OC)C(=O)N1c3ccccc3-c3nc(=O)c(-c4ccccc4)nn3C21. The predicted octanol–water partition coefficient (Wildman–Crippen LogP) is 3.51. The van der Waals surface area contributed by atoms with Gasteiger partial charge in [-0.15, -0.1) is 0 Å². The highest BCUT2D eigenvalue weighted by Gasteiger charge is 2.47. The average Bonchev–Trinajstić information content (AvgIpc) is 3.16. The van der Waals surface area contributed by atoms with Gasteiger partial charge in [-0.05, 0) is 18.2 Å². The molecule has 0 fully saturated rings. The van der Waals surface area contributed by atoms with Crippen LogP contribution in [-0.4, -0.2) is 34.9 Å². The van der Waals surface area contributed by atoms with Crippen molar-refractivity contribution in [2.24, 2.45) is 0 Å². The molecule has 2 aliphatic heterocycles. The molecule has 2 aliphatic rings. The molecule has 0 bridgehead atoms. The zero-order valence-corrected chi connectivity index (χ0v) is 17.9. The van der Waals surface area contributed by atoms with Crippen LogP contribution < -0.4 is 19.9 Å². The van der Waals surface area contributed by atoms with Gasteiger partial charge in [0.2, 0.25) is 0 Å². The van der Waals surface area contributed by atoms with Gasteiger partial charge in [-0.2, -0.15) is 10.1 Å². The monoisotopic (exact) mass is 438 g/mol. The zero-order valence-electron chi connectivity index (χ0n) is 17.9. The maximum Gasteiger partial charge on any atom is 0.300 e. The summed E-state index contributed by atoms with van der Waals surface area (Å²) in [6.07, 6.45) is -0.618. The van der Waals surface area contributed by atoms with Crippen molar-refractivity contribution in [1.82, 2.24) is 14.8 Å². The van der Waals surface area contributed by atoms with Crippen molar-refractivity contribution in [2.75, 3.05) is 19.1 Å². The Kier molecular flexibility index (Phi) is 4.10. The fourth-order valence-corrected chi connectivity index (χ4v) is 4.63. The second kappa shape index (κ2) is 7.03. The summed E-state index contributed by atoms with van der Waals surface area (Å²) >= 11 is 0. The van der Waals surface area contributed by atoms with Crippen molar-refractivity contribution < 1.29 is 14.3 Å². The van der Waals surface area contributed by atoms with E-state index < -0.39 is 11.7 Å². The molecule has 0 aliphatic carbocycles. The molecule has 3 aromatic carbocycles. The molecule has 162 valence electrons. The third-order valence-electron chi connectivity index (χ3n) is 6.05. The highest BCUT2D eigenvalue weighted by Crippen LogP contribution is 2.50. The van der Waals surface area contributed by atoms with Crippen LogP contribution in [0.5, 0.6) is 11.5 Å². The van der Waals surface area contributed by atoms with Crippen molar-refractivity contribution in [3.8, 4) is 34.1 Å². The summed E-state index contributed by atoms with van der Waals surface area (Å²) < 4.78 is 12.7. The molecule has 0 N–H and O–H groups in total. The van der Waals surface area contributed by atoms with E-state index in [0.717, 1.165) is 0 Å². The molecule has 0 radical (unpaired) electrons. The Morgan fingerprint density at radius 3 is 2.39 bits per heavy atom. The first-order valence-corrected chi connectivity index (χ1v) is 10.4. The molecule has 0 spiro atoms. The van der Waals surface area contributed by atoms with Crippen molar-refractivity contribution in [2.45, 2.75) is 6.17 Å². The summed E-state index contributed by atoms with van der Waals surface area (Å²) in [4.78, 5) is 32.8. The third-order valence-corrected chi connectivity index (χ3v) is 6.05. The Morgan fingerprint density at radius 1 is 0.879 bits per heavy atom. The Bertz CT molecular complexity index is 1500. The minimum atomic E-state index is -0.618. The van der Waals surface area contributed by atoms with Crippen molar-refractivity contribution in [1.29, 1.82) is 0 Å². The number of nitrogens with zero attached hydrogens (tertiary/aromatic N) is 4. The van der Waals surface area contributed by atoms with E-state index in [9.17, 15) is 9.59 Å². The largest absolute Gasteiger partial charge is 0.493 e. The Hall–Kier alpha value is -4.46. The molecule has 1 unspecified atom stereocenters. The van der Waals surface area contributed by atoms with Crippen molar-refractivity contribution in [3.63, 3.8) is 0 Å². The molecule has 1 atom stereocenters. The number of fused-ring (bicyclic) bond motifs is 8. The molecule has 0 saturated heterocycles. The lowest BCUT2D eigenvalue weighted by atomic mass is 10.0. The molecule has 8 heteroatoms. The minimum absolute atomic E-state index is 0.222. The standard InChI is InChI=1S/C25H18N4O4/c1-32-18-13-12-16-19(21(18)33-2)25(31)28-17-11-7-6-10-15(17)22-26-23(30)20(27-29(22)24(16)28)14-8-4-3-5-9-14/h3-13,24H,1-2H3. The van der Waals surface area contributed by atoms with Gasteiger partial charge in [0.05, 0.1) is 25.5 Å². The van der Waals surface area contributed by atoms with Crippen LogP contribution >= 0.6 is 0 Å². The molecule has 4 aromatic rings. The summed E-state index contributed by atoms with van der Waals surface area (Å²) in [6.45, 7) is 0. The Balaban J connectivity index is 1.68. The number of ether oxygens (including phenoxy) is 2. The number of para-hydroxylation sites is 1. The van der Waals surface area contributed by atoms with E-state index in [1.54, 1.807) is 15.6 Å². The van der Waals surface area contributed by atoms with Gasteiger partial charge in [0, 0.05) is 16.7 Å². The molecule has 6 rings (SSSR count). The fraction of sp³-hybridized carbons (Fsp3) is 0.120. The highest BCUT2D eigenvalue weighted by atomic mass is 16.5. The predicted molar refractivity (Wildman–Crippen MR) is 122 cm³/mol. The minimum Gasteiger partial charge on any atom is -0.493 e. The molecule has 0 saturated carbocycles. The van der Waals surface area contributed by atoms with E-state index in [-0.39, 0.29) is 11.6 Å². The van der Waals surface area contributed by atoms with Gasteiger partial charge in [0.25, 0.3) is 11.5 Å². The molecule has 1 aromatic heterocycles. The van der Waals surface area contributed by atoms with E-state index in [1.165, 1.54) is 14.2 Å². The number of hydrogen-bond donors (Lipinski definition) is 0. The van der Waals surface area contributed by atoms with E-state index in [2.05, 4.69) is 4.98 Å². The molecular formula is C25H18N4O4. The number of carbonyl (C=O) groups excluding carboxylic acids is 1. The topological polar surface area (TPSA) is 86.6 Å². The summed E-state index contributed by atoms with van der Waals surface area (Å²) in [5.41, 5.74) is 2.88. The number of amides is 1. The number of aromatic nitrogens is 3. The van der Waals surface area contributed by atoms with Gasteiger partial charge in [-0.1, -0.05) is 48.5 Å². The van der Waals surface area contributed by atoms with Gasteiger partial charge in [0.1, 0.15) is 0 Å². The molecule has 1 amide bonds. The Labute approximate surface area is 188 Å². The van der Waals surface area contributed by atoms with Crippen LogP contribution in [0.25, 0.3) is 22.6 Å². The maximum absolute atomic E-state index is 13.7. The van der Waals surface area contributed by atoms with E-state index in [1.807, 2.05) is 60.7 Å². The summed E-state index contributed by atoms with van der Waals surface area (Å²) in [7, 11) is 3.04. The smallest absolute Gasteiger partial charge is 0.300 e. The summed E-state index contributed by atoms with van der Waals surface area (Å²) in [5, 5.41) is 4.73. The zero-order chi connectivity index (χ0) is 22.7. The van der Waals surface area contributed by atoms with Crippen LogP contribution in [0.15, 0.2) is 71.5 Å². The van der Waals surface area contributed by atoms with Crippen LogP contribution in [0.3, 0.4) is 0 Å². The van der Waals surface area contributed by atoms with Crippen LogP contribution in [0.4, 0.5) is 5.69 Å². The lowest BCUT2D eigenvalue weighted by Crippen LogP contribution is -2.39. The number of benzene rings is 3. The third kappa shape index (κ3) is 2.57. The lowest BCUT2D eigenvalue weighted by molar-refractivity contribution is 0.0983. The highest BCUT2D eigenvalue weighted by molar-refractivity contribution is 6.15. The van der Waals surface area contributed by atoms with E-state index in [0.29, 0.717) is 45.3 Å². The summed E-state index contributed by atoms with van der Waals surface area (Å²) in [6, 6.07) is 20.2. The molecule has 3 heterocycles. The van der Waals surface area contributed by atoms with Crippen molar-refractivity contribution in [3.05, 3.63) is 88.2 Å². The van der Waals surface area contributed by atoms with Crippen LogP contribution in [-0.2, 0) is 0 Å². The molecule has 33 heavy (non-hydrogen) atoms. The molecular weight excluding hydrogens is 420 g/mol. The van der Waals surface area contributed by atoms with Crippen LogP contribution in [0.1, 0.15) is 22.1 Å². The second-order valence-electron chi connectivity index (χ2n) is 7.73. The van der Waals surface area contributed by atoms with E-state index >= 15 is 0 Å². The van der Waals surface area contributed by atoms with Gasteiger partial charge in [-0.25, -0.2) is 4.68 Å². The van der Waals surface area contributed by atoms with Crippen LogP contribution in [0, 0.1) is 0 Å². The Morgan fingerprint density at radius 2 is 1.64 bits per heavy atom. The van der Waals surface area contributed by atoms with Gasteiger partial charge >= 0.3 is 0 Å². The normalized spacial score (nSPS) is 15.4. The number of anilines is 1. The van der Waals surface area contributed by atoms with Crippen LogP contribution in [0.2, 0.25) is 0 Å². The number of carbonyl (C=O) groups is 1. The van der Waals surface area contributed by atoms with Gasteiger partial charge < -0.3 is 9.47 Å². The molecule has 8 nitrogen and oxygen atoms in total. The first-order chi connectivity index (χ1) is 16.1. The first-order valence-electron chi connectivity index (χ1n) is 10.4. The maximum atomic E-state index is 13.7. The average molecular weight is 438 g/mol. The fourth-order valence-electron chi connectivity index (χ4n) is 4.63. The summed E-state index contributed by atoms with van der Waals surface area (Å²) in [5.74, 6) is 1.01. The quantitative estimate of drug-likeness (QED) is 0.487. The lowest BCUT2D eigenvalue weighted by Gasteiger charge is -2.34. The second-order valence-corrected chi connectivity index (χ2v) is 7.73. The number of rotatable bonds is 3.